The van der Waals surface area contributed by atoms with E-state index in [-0.39, 0.29) is 59.8 Å². The average molecular weight is 1120 g/mol. The van der Waals surface area contributed by atoms with Gasteiger partial charge in [0.1, 0.15) is 25.8 Å². The molecule has 3 rings (SSSR count). The Kier molecular flexibility index (Phi) is 34.0. The maximum absolute atomic E-state index is 13.4. The number of ether oxygens (including phenoxy) is 8. The van der Waals surface area contributed by atoms with E-state index in [1.807, 2.05) is 37.3 Å². The van der Waals surface area contributed by atoms with Gasteiger partial charge in [-0.2, -0.15) is 0 Å². The minimum absolute atomic E-state index is 0.0203. The molecular formula is C63H116O10Si3. The largest absolute Gasteiger partial charge is 0.459 e. The molecule has 9 atom stereocenters. The van der Waals surface area contributed by atoms with Gasteiger partial charge < -0.3 is 42.3 Å². The molecule has 1 aromatic carbocycles. The summed E-state index contributed by atoms with van der Waals surface area (Å²) >= 11 is 0. The minimum atomic E-state index is -1.95. The lowest BCUT2D eigenvalue weighted by atomic mass is 10.00. The molecule has 1 aromatic rings. The van der Waals surface area contributed by atoms with Crippen molar-refractivity contribution in [3.8, 4) is 11.8 Å². The molecule has 0 aromatic heterocycles. The standard InChI is InChI=1S/C63H116O10Si3/c1-15-16-17-18-19-23-26-32-40-55(68-50-66-46-48-74(7,8)9)57-42-44-59(71-57)60-45-43-58(72-60)56(69-51-67-47-49-75(10,11)12)41-33-27-24-21-20-22-25-31-38-54(39-34-35-52(2)73-76(13,14)63(3,4)5)70-62(64)61(65-6)53-36-29-28-30-37-53/h28-30,36-37,52,54-61H,15-27,31-33,38-51H2,1-14H3/t52-,54-,55-,56-,57-,58-,59-,60-,61?/m1/s1. The molecule has 2 heterocycles. The molecule has 0 aliphatic carbocycles. The molecule has 2 aliphatic heterocycles. The summed E-state index contributed by atoms with van der Waals surface area (Å²) in [5.74, 6) is 6.28. The highest BCUT2D eigenvalue weighted by Gasteiger charge is 2.42. The molecule has 0 saturated carbocycles. The van der Waals surface area contributed by atoms with Crippen molar-refractivity contribution in [2.75, 3.05) is 33.9 Å². The van der Waals surface area contributed by atoms with Crippen molar-refractivity contribution in [1.82, 2.24) is 0 Å². The van der Waals surface area contributed by atoms with Gasteiger partial charge in [-0.3, -0.25) is 0 Å². The van der Waals surface area contributed by atoms with E-state index in [0.29, 0.717) is 20.0 Å². The average Bonchev–Trinajstić information content (AvgIpc) is 4.04. The zero-order chi connectivity index (χ0) is 55.9. The maximum atomic E-state index is 13.4. The monoisotopic (exact) mass is 1120 g/mol. The number of benzene rings is 1. The van der Waals surface area contributed by atoms with Crippen LogP contribution >= 0.6 is 0 Å². The van der Waals surface area contributed by atoms with E-state index in [1.54, 1.807) is 7.11 Å². The van der Waals surface area contributed by atoms with Crippen molar-refractivity contribution in [2.24, 2.45) is 0 Å². The number of hydrogen-bond donors (Lipinski definition) is 0. The zero-order valence-electron chi connectivity index (χ0n) is 51.4. The van der Waals surface area contributed by atoms with Crippen LogP contribution in [-0.4, -0.2) is 113 Å². The molecule has 2 fully saturated rings. The van der Waals surface area contributed by atoms with Crippen molar-refractivity contribution < 1.29 is 47.1 Å². The highest BCUT2D eigenvalue weighted by atomic mass is 28.4. The Bertz CT molecular complexity index is 1700. The Labute approximate surface area is 470 Å². The van der Waals surface area contributed by atoms with Crippen LogP contribution in [0.5, 0.6) is 0 Å². The summed E-state index contributed by atoms with van der Waals surface area (Å²) < 4.78 is 57.2. The van der Waals surface area contributed by atoms with E-state index in [2.05, 4.69) is 91.9 Å². The molecule has 2 aliphatic rings. The van der Waals surface area contributed by atoms with Crippen LogP contribution < -0.4 is 0 Å². The van der Waals surface area contributed by atoms with E-state index in [4.69, 9.17) is 42.3 Å². The van der Waals surface area contributed by atoms with Gasteiger partial charge in [-0.05, 0) is 94.1 Å². The lowest BCUT2D eigenvalue weighted by Crippen LogP contribution is -2.43. The summed E-state index contributed by atoms with van der Waals surface area (Å²) in [6.07, 6.45) is 26.1. The molecule has 13 heteroatoms. The fourth-order valence-electron chi connectivity index (χ4n) is 10.0. The number of carbonyl (C=O) groups excluding carboxylic acids is 1. The van der Waals surface area contributed by atoms with Gasteiger partial charge in [0, 0.05) is 42.9 Å². The Hall–Kier alpha value is -1.42. The summed E-state index contributed by atoms with van der Waals surface area (Å²) in [4.78, 5) is 13.4. The van der Waals surface area contributed by atoms with Crippen LogP contribution in [0.25, 0.3) is 0 Å². The molecule has 440 valence electrons. The summed E-state index contributed by atoms with van der Waals surface area (Å²) in [6.45, 7) is 32.1. The van der Waals surface area contributed by atoms with E-state index in [0.717, 1.165) is 101 Å². The molecule has 0 radical (unpaired) electrons. The van der Waals surface area contributed by atoms with Gasteiger partial charge >= 0.3 is 5.97 Å². The zero-order valence-corrected chi connectivity index (χ0v) is 54.4. The number of unbranched alkanes of at least 4 members (excludes halogenated alkanes) is 14. The highest BCUT2D eigenvalue weighted by Crippen LogP contribution is 2.38. The molecule has 1 unspecified atom stereocenters. The van der Waals surface area contributed by atoms with Crippen LogP contribution in [0.1, 0.15) is 200 Å². The van der Waals surface area contributed by atoms with Crippen LogP contribution in [0, 0.1) is 11.8 Å². The third-order valence-corrected chi connectivity index (χ3v) is 24.0. The number of esters is 1. The third-order valence-electron chi connectivity index (χ3n) is 16.0. The lowest BCUT2D eigenvalue weighted by Gasteiger charge is -2.37. The minimum Gasteiger partial charge on any atom is -0.459 e. The van der Waals surface area contributed by atoms with Gasteiger partial charge in [0.25, 0.3) is 0 Å². The topological polar surface area (TPSA) is 100 Å². The normalized spacial score (nSPS) is 20.5. The van der Waals surface area contributed by atoms with E-state index >= 15 is 0 Å². The first-order valence-electron chi connectivity index (χ1n) is 30.8. The summed E-state index contributed by atoms with van der Waals surface area (Å²) in [5, 5.41) is 0.107. The quantitative estimate of drug-likeness (QED) is 0.0207. The first-order valence-corrected chi connectivity index (χ1v) is 41.1. The summed E-state index contributed by atoms with van der Waals surface area (Å²) in [5.41, 5.74) is 0.790. The van der Waals surface area contributed by atoms with E-state index in [1.165, 1.54) is 77.0 Å². The SMILES string of the molecule is CCCCCCCCCC[C@@H](OCOCC[Si](C)(C)C)[C@H]1CC[C@H]([C@H]2CC[C@H]([C@@H](CCCCCCCCCC[C@H](CC#C[C@@H](C)O[Si](C)(C)C(C)(C)C)OC(=O)C(OC)c3ccccc3)OCOCC[Si](C)(C)C)O2)O1. The second kappa shape index (κ2) is 37.6. The summed E-state index contributed by atoms with van der Waals surface area (Å²) in [6, 6.07) is 11.9. The van der Waals surface area contributed by atoms with Crippen LogP contribution in [0.15, 0.2) is 30.3 Å². The molecule has 0 bridgehead atoms. The van der Waals surface area contributed by atoms with Crippen molar-refractivity contribution in [3.63, 3.8) is 0 Å². The third kappa shape index (κ3) is 29.9. The van der Waals surface area contributed by atoms with Gasteiger partial charge in [-0.25, -0.2) is 4.79 Å². The van der Waals surface area contributed by atoms with Crippen LogP contribution in [0.2, 0.25) is 69.5 Å². The Balaban J connectivity index is 1.48. The van der Waals surface area contributed by atoms with Gasteiger partial charge in [0.05, 0.1) is 36.6 Å². The number of methoxy groups -OCH3 is 1. The van der Waals surface area contributed by atoms with Gasteiger partial charge in [-0.1, -0.05) is 205 Å². The van der Waals surface area contributed by atoms with Crippen LogP contribution in [0.3, 0.4) is 0 Å². The molecule has 0 N–H and O–H groups in total. The molecular weight excluding hydrogens is 1000 g/mol. The van der Waals surface area contributed by atoms with Crippen molar-refractivity contribution in [1.29, 1.82) is 0 Å². The maximum Gasteiger partial charge on any atom is 0.340 e. The predicted octanol–water partition coefficient (Wildman–Crippen LogP) is 17.0. The number of hydrogen-bond acceptors (Lipinski definition) is 10. The first kappa shape index (κ1) is 68.9. The lowest BCUT2D eigenvalue weighted by molar-refractivity contribution is -0.162. The van der Waals surface area contributed by atoms with Crippen LogP contribution in [0.4, 0.5) is 0 Å². The fourth-order valence-corrected chi connectivity index (χ4v) is 12.8. The molecule has 0 amide bonds. The van der Waals surface area contributed by atoms with Crippen molar-refractivity contribution >= 4 is 30.4 Å². The highest BCUT2D eigenvalue weighted by molar-refractivity contribution is 6.76. The Morgan fingerprint density at radius 3 is 1.53 bits per heavy atom. The van der Waals surface area contributed by atoms with E-state index in [9.17, 15) is 4.79 Å². The van der Waals surface area contributed by atoms with Crippen molar-refractivity contribution in [3.05, 3.63) is 35.9 Å². The molecule has 10 nitrogen and oxygen atoms in total. The van der Waals surface area contributed by atoms with E-state index < -0.39 is 30.6 Å². The molecule has 2 saturated heterocycles. The first-order chi connectivity index (χ1) is 36.1. The molecule has 0 spiro atoms. The number of rotatable bonds is 42. The predicted molar refractivity (Wildman–Crippen MR) is 323 cm³/mol. The number of carbonyl (C=O) groups is 1. The van der Waals surface area contributed by atoms with Gasteiger partial charge in [0.2, 0.25) is 0 Å². The fraction of sp³-hybridized carbons (Fsp3) is 0.857. The van der Waals surface area contributed by atoms with Gasteiger partial charge in [0.15, 0.2) is 14.4 Å². The van der Waals surface area contributed by atoms with Crippen LogP contribution in [-0.2, 0) is 47.1 Å². The second-order valence-electron chi connectivity index (χ2n) is 26.5. The second-order valence-corrected chi connectivity index (χ2v) is 42.5. The van der Waals surface area contributed by atoms with Gasteiger partial charge in [-0.15, -0.1) is 0 Å². The van der Waals surface area contributed by atoms with Crippen molar-refractivity contribution in [2.45, 2.75) is 313 Å². The Morgan fingerprint density at radius 2 is 1.09 bits per heavy atom. The Morgan fingerprint density at radius 1 is 0.645 bits per heavy atom. The summed E-state index contributed by atoms with van der Waals surface area (Å²) in [7, 11) is -2.74. The smallest absolute Gasteiger partial charge is 0.340 e. The molecule has 76 heavy (non-hydrogen) atoms.